The van der Waals surface area contributed by atoms with Gasteiger partial charge in [-0.05, 0) is 66.9 Å². The summed E-state index contributed by atoms with van der Waals surface area (Å²) in [5.41, 5.74) is 4.14. The van der Waals surface area contributed by atoms with E-state index in [1.54, 1.807) is 7.11 Å². The number of carbonyl (C=O) groups is 1. The van der Waals surface area contributed by atoms with Crippen LogP contribution in [-0.2, 0) is 11.2 Å². The van der Waals surface area contributed by atoms with Crippen LogP contribution in [0.5, 0.6) is 5.75 Å². The molecule has 5 rings (SSSR count). The molecule has 2 saturated heterocycles. The van der Waals surface area contributed by atoms with Crippen molar-refractivity contribution in [3.63, 3.8) is 0 Å². The Morgan fingerprint density at radius 3 is 2.22 bits per heavy atom. The quantitative estimate of drug-likeness (QED) is 0.543. The Labute approximate surface area is 219 Å². The first-order valence-electron chi connectivity index (χ1n) is 13.1. The van der Waals surface area contributed by atoms with Crippen molar-refractivity contribution in [2.75, 3.05) is 33.4 Å². The SMILES string of the molecule is COc1ccc(C#Cc2ccc([C@@H]3[C@@H](CO)N4CCCCN(C(=O)Cc5ccccc5)C[C@H]34)cc2)cc1. The van der Waals surface area contributed by atoms with Gasteiger partial charge in [-0.3, -0.25) is 9.69 Å². The lowest BCUT2D eigenvalue weighted by atomic mass is 9.74. The molecule has 2 fully saturated rings. The van der Waals surface area contributed by atoms with Crippen LogP contribution in [0.2, 0.25) is 0 Å². The van der Waals surface area contributed by atoms with E-state index >= 15 is 0 Å². The molecule has 2 heterocycles. The number of rotatable bonds is 5. The lowest BCUT2D eigenvalue weighted by molar-refractivity contribution is -0.135. The third-order valence-electron chi connectivity index (χ3n) is 7.66. The van der Waals surface area contributed by atoms with E-state index < -0.39 is 0 Å². The summed E-state index contributed by atoms with van der Waals surface area (Å²) in [5, 5.41) is 10.2. The summed E-state index contributed by atoms with van der Waals surface area (Å²) in [4.78, 5) is 17.7. The maximum absolute atomic E-state index is 13.2. The third-order valence-corrected chi connectivity index (χ3v) is 7.66. The van der Waals surface area contributed by atoms with Crippen molar-refractivity contribution in [3.05, 3.63) is 101 Å². The smallest absolute Gasteiger partial charge is 0.227 e. The molecule has 0 spiro atoms. The second kappa shape index (κ2) is 11.6. The summed E-state index contributed by atoms with van der Waals surface area (Å²) >= 11 is 0. The van der Waals surface area contributed by atoms with Crippen molar-refractivity contribution < 1.29 is 14.6 Å². The molecule has 5 nitrogen and oxygen atoms in total. The minimum Gasteiger partial charge on any atom is -0.497 e. The number of fused-ring (bicyclic) bond motifs is 1. The maximum atomic E-state index is 13.2. The maximum Gasteiger partial charge on any atom is 0.227 e. The van der Waals surface area contributed by atoms with Crippen LogP contribution < -0.4 is 4.74 Å². The fourth-order valence-electron chi connectivity index (χ4n) is 5.66. The van der Waals surface area contributed by atoms with Gasteiger partial charge in [0.15, 0.2) is 0 Å². The number of ether oxygens (including phenoxy) is 1. The molecule has 0 unspecified atom stereocenters. The molecule has 0 radical (unpaired) electrons. The Hall–Kier alpha value is -3.59. The Balaban J connectivity index is 1.30. The van der Waals surface area contributed by atoms with Crippen LogP contribution in [0, 0.1) is 11.8 Å². The summed E-state index contributed by atoms with van der Waals surface area (Å²) in [5.74, 6) is 7.65. The number of carbonyl (C=O) groups excluding carboxylic acids is 1. The molecule has 190 valence electrons. The molecule has 0 saturated carbocycles. The predicted molar refractivity (Wildman–Crippen MR) is 145 cm³/mol. The van der Waals surface area contributed by atoms with Crippen molar-refractivity contribution in [2.24, 2.45) is 0 Å². The molecular formula is C32H34N2O3. The number of benzene rings is 3. The normalized spacial score (nSPS) is 21.5. The van der Waals surface area contributed by atoms with Crippen molar-refractivity contribution in [1.29, 1.82) is 0 Å². The van der Waals surface area contributed by atoms with Crippen LogP contribution in [0.15, 0.2) is 78.9 Å². The number of aliphatic hydroxyl groups is 1. The van der Waals surface area contributed by atoms with Crippen molar-refractivity contribution in [1.82, 2.24) is 9.80 Å². The summed E-state index contributed by atoms with van der Waals surface area (Å²) in [6.07, 6.45) is 2.46. The first-order valence-corrected chi connectivity index (χ1v) is 13.1. The molecule has 3 aromatic rings. The Bertz CT molecular complexity index is 1250. The molecule has 0 bridgehead atoms. The van der Waals surface area contributed by atoms with E-state index in [0.717, 1.165) is 48.4 Å². The van der Waals surface area contributed by atoms with Gasteiger partial charge in [0.05, 0.1) is 20.1 Å². The van der Waals surface area contributed by atoms with E-state index in [9.17, 15) is 9.90 Å². The van der Waals surface area contributed by atoms with Crippen LogP contribution in [0.4, 0.5) is 0 Å². The minimum atomic E-state index is 0.0883. The summed E-state index contributed by atoms with van der Waals surface area (Å²) in [7, 11) is 1.65. The van der Waals surface area contributed by atoms with E-state index in [1.807, 2.05) is 59.5 Å². The molecule has 1 amide bonds. The Kier molecular flexibility index (Phi) is 7.89. The van der Waals surface area contributed by atoms with Gasteiger partial charge in [-0.1, -0.05) is 54.3 Å². The fraction of sp³-hybridized carbons (Fsp3) is 0.344. The van der Waals surface area contributed by atoms with Crippen LogP contribution in [0.3, 0.4) is 0 Å². The number of amides is 1. The summed E-state index contributed by atoms with van der Waals surface area (Å²) in [6, 6.07) is 26.4. The van der Waals surface area contributed by atoms with Crippen molar-refractivity contribution in [2.45, 2.75) is 37.3 Å². The van der Waals surface area contributed by atoms with Gasteiger partial charge in [0.1, 0.15) is 5.75 Å². The first kappa shape index (κ1) is 25.1. The highest BCUT2D eigenvalue weighted by Crippen LogP contribution is 2.42. The number of hydrogen-bond acceptors (Lipinski definition) is 4. The van der Waals surface area contributed by atoms with Gasteiger partial charge in [0.25, 0.3) is 0 Å². The highest BCUT2D eigenvalue weighted by molar-refractivity contribution is 5.78. The fourth-order valence-corrected chi connectivity index (χ4v) is 5.66. The van der Waals surface area contributed by atoms with Gasteiger partial charge >= 0.3 is 0 Å². The Morgan fingerprint density at radius 2 is 1.57 bits per heavy atom. The van der Waals surface area contributed by atoms with Gasteiger partial charge in [0, 0.05) is 42.2 Å². The second-order valence-electron chi connectivity index (χ2n) is 9.89. The topological polar surface area (TPSA) is 53.0 Å². The van der Waals surface area contributed by atoms with Gasteiger partial charge in [-0.25, -0.2) is 0 Å². The molecular weight excluding hydrogens is 460 g/mol. The van der Waals surface area contributed by atoms with E-state index in [-0.39, 0.29) is 30.5 Å². The molecule has 3 atom stereocenters. The second-order valence-corrected chi connectivity index (χ2v) is 9.89. The molecule has 0 aromatic heterocycles. The zero-order valence-corrected chi connectivity index (χ0v) is 21.3. The number of aliphatic hydroxyl groups excluding tert-OH is 1. The average Bonchev–Trinajstić information content (AvgIpc) is 2.92. The van der Waals surface area contributed by atoms with Crippen LogP contribution in [0.25, 0.3) is 0 Å². The zero-order chi connectivity index (χ0) is 25.6. The molecule has 5 heteroatoms. The first-order chi connectivity index (χ1) is 18.2. The van der Waals surface area contributed by atoms with E-state index in [1.165, 1.54) is 5.56 Å². The monoisotopic (exact) mass is 494 g/mol. The molecule has 3 aromatic carbocycles. The van der Waals surface area contributed by atoms with Gasteiger partial charge in [-0.2, -0.15) is 0 Å². The summed E-state index contributed by atoms with van der Waals surface area (Å²) in [6.45, 7) is 2.59. The number of hydrogen-bond donors (Lipinski definition) is 1. The zero-order valence-electron chi connectivity index (χ0n) is 21.3. The largest absolute Gasteiger partial charge is 0.497 e. The lowest BCUT2D eigenvalue weighted by Crippen LogP contribution is -2.68. The van der Waals surface area contributed by atoms with Gasteiger partial charge < -0.3 is 14.7 Å². The van der Waals surface area contributed by atoms with Gasteiger partial charge in [-0.15, -0.1) is 0 Å². The van der Waals surface area contributed by atoms with Gasteiger partial charge in [0.2, 0.25) is 5.91 Å². The molecule has 2 aliphatic rings. The average molecular weight is 495 g/mol. The highest BCUT2D eigenvalue weighted by atomic mass is 16.5. The van der Waals surface area contributed by atoms with E-state index in [0.29, 0.717) is 13.0 Å². The molecule has 0 aliphatic carbocycles. The summed E-state index contributed by atoms with van der Waals surface area (Å²) < 4.78 is 5.21. The standard InChI is InChI=1S/C32H34N2O3/c1-37-28-17-13-25(14-18-28)10-9-24-11-15-27(16-12-24)32-29-22-33(19-5-6-20-34(29)30(32)23-35)31(36)21-26-7-3-2-4-8-26/h2-4,7-8,11-18,29-30,32,35H,5-6,19-23H2,1H3/t29-,30-,32+/m1/s1. The highest BCUT2D eigenvalue weighted by Gasteiger charge is 2.49. The van der Waals surface area contributed by atoms with Crippen LogP contribution >= 0.6 is 0 Å². The van der Waals surface area contributed by atoms with Crippen LogP contribution in [-0.4, -0.2) is 66.2 Å². The molecule has 1 N–H and O–H groups in total. The van der Waals surface area contributed by atoms with E-state index in [4.69, 9.17) is 4.74 Å². The van der Waals surface area contributed by atoms with E-state index in [2.05, 4.69) is 41.0 Å². The van der Waals surface area contributed by atoms with Crippen LogP contribution in [0.1, 0.15) is 41.0 Å². The number of nitrogens with zero attached hydrogens (tertiary/aromatic N) is 2. The Morgan fingerprint density at radius 1 is 0.919 bits per heavy atom. The third kappa shape index (κ3) is 5.72. The van der Waals surface area contributed by atoms with Crippen molar-refractivity contribution in [3.8, 4) is 17.6 Å². The molecule has 2 aliphatic heterocycles. The van der Waals surface area contributed by atoms with Crippen molar-refractivity contribution >= 4 is 5.91 Å². The molecule has 37 heavy (non-hydrogen) atoms. The number of methoxy groups -OCH3 is 1. The lowest BCUT2D eigenvalue weighted by Gasteiger charge is -2.57. The minimum absolute atomic E-state index is 0.0883. The predicted octanol–water partition coefficient (Wildman–Crippen LogP) is 4.09.